The third-order valence-electron chi connectivity index (χ3n) is 2.25. The van der Waals surface area contributed by atoms with E-state index in [0.717, 1.165) is 12.8 Å². The molecule has 0 heterocycles. The molecule has 80 valence electrons. The summed E-state index contributed by atoms with van der Waals surface area (Å²) in [5.74, 6) is 0. The van der Waals surface area contributed by atoms with Gasteiger partial charge in [-0.15, -0.1) is 13.2 Å². The van der Waals surface area contributed by atoms with Crippen molar-refractivity contribution in [1.29, 1.82) is 0 Å². The van der Waals surface area contributed by atoms with Crippen LogP contribution in [0.2, 0.25) is 0 Å². The minimum absolute atomic E-state index is 0.128. The standard InChI is InChI=1S/C14H18O/c1-3-12-15-14(4-2)11-10-13-8-6-5-7-9-13/h3-9,14H,1-2,10-12H2. The number of ether oxygens (including phenoxy) is 1. The summed E-state index contributed by atoms with van der Waals surface area (Å²) in [4.78, 5) is 0. The van der Waals surface area contributed by atoms with Gasteiger partial charge in [0.05, 0.1) is 12.7 Å². The van der Waals surface area contributed by atoms with Gasteiger partial charge in [-0.2, -0.15) is 0 Å². The third kappa shape index (κ3) is 4.61. The second kappa shape index (κ2) is 7.02. The fourth-order valence-corrected chi connectivity index (χ4v) is 1.41. The first-order valence-electron chi connectivity index (χ1n) is 5.25. The van der Waals surface area contributed by atoms with Crippen LogP contribution in [0.5, 0.6) is 0 Å². The van der Waals surface area contributed by atoms with Gasteiger partial charge >= 0.3 is 0 Å². The summed E-state index contributed by atoms with van der Waals surface area (Å²) in [6.07, 6.45) is 5.74. The molecule has 1 rings (SSSR count). The van der Waals surface area contributed by atoms with E-state index in [0.29, 0.717) is 6.61 Å². The average Bonchev–Trinajstić information content (AvgIpc) is 2.31. The van der Waals surface area contributed by atoms with Gasteiger partial charge in [-0.25, -0.2) is 0 Å². The summed E-state index contributed by atoms with van der Waals surface area (Å²) < 4.78 is 5.53. The Morgan fingerprint density at radius 1 is 1.20 bits per heavy atom. The van der Waals surface area contributed by atoms with E-state index in [9.17, 15) is 0 Å². The number of aryl methyl sites for hydroxylation is 1. The van der Waals surface area contributed by atoms with E-state index >= 15 is 0 Å². The molecule has 1 nitrogen and oxygen atoms in total. The maximum atomic E-state index is 5.53. The molecular formula is C14H18O. The monoisotopic (exact) mass is 202 g/mol. The Morgan fingerprint density at radius 3 is 2.53 bits per heavy atom. The highest BCUT2D eigenvalue weighted by Gasteiger charge is 2.03. The minimum atomic E-state index is 0.128. The van der Waals surface area contributed by atoms with Gasteiger partial charge in [0.2, 0.25) is 0 Å². The summed E-state index contributed by atoms with van der Waals surface area (Å²) in [5.41, 5.74) is 1.34. The molecule has 1 unspecified atom stereocenters. The summed E-state index contributed by atoms with van der Waals surface area (Å²) in [6.45, 7) is 7.98. The SMILES string of the molecule is C=CCOC(C=C)CCc1ccccc1. The molecule has 15 heavy (non-hydrogen) atoms. The van der Waals surface area contributed by atoms with Gasteiger partial charge in [-0.05, 0) is 18.4 Å². The van der Waals surface area contributed by atoms with Crippen molar-refractivity contribution in [2.75, 3.05) is 6.61 Å². The topological polar surface area (TPSA) is 9.23 Å². The highest BCUT2D eigenvalue weighted by atomic mass is 16.5. The zero-order valence-corrected chi connectivity index (χ0v) is 9.06. The van der Waals surface area contributed by atoms with Crippen molar-refractivity contribution < 1.29 is 4.74 Å². The van der Waals surface area contributed by atoms with Crippen molar-refractivity contribution in [3.05, 3.63) is 61.2 Å². The van der Waals surface area contributed by atoms with E-state index in [1.807, 2.05) is 12.1 Å². The van der Waals surface area contributed by atoms with Crippen LogP contribution in [-0.2, 0) is 11.2 Å². The van der Waals surface area contributed by atoms with Crippen LogP contribution in [0.1, 0.15) is 12.0 Å². The predicted octanol–water partition coefficient (Wildman–Crippen LogP) is 3.38. The highest BCUT2D eigenvalue weighted by molar-refractivity contribution is 5.14. The van der Waals surface area contributed by atoms with E-state index in [1.165, 1.54) is 5.56 Å². The summed E-state index contributed by atoms with van der Waals surface area (Å²) >= 11 is 0. The molecular weight excluding hydrogens is 184 g/mol. The first kappa shape index (κ1) is 11.7. The number of benzene rings is 1. The van der Waals surface area contributed by atoms with Crippen LogP contribution in [0.3, 0.4) is 0 Å². The first-order chi connectivity index (χ1) is 7.36. The van der Waals surface area contributed by atoms with Crippen molar-refractivity contribution in [3.8, 4) is 0 Å². The van der Waals surface area contributed by atoms with Gasteiger partial charge in [0.25, 0.3) is 0 Å². The lowest BCUT2D eigenvalue weighted by Gasteiger charge is -2.12. The summed E-state index contributed by atoms with van der Waals surface area (Å²) in [7, 11) is 0. The van der Waals surface area contributed by atoms with Crippen molar-refractivity contribution in [3.63, 3.8) is 0 Å². The quantitative estimate of drug-likeness (QED) is 0.616. The van der Waals surface area contributed by atoms with Crippen molar-refractivity contribution in [2.45, 2.75) is 18.9 Å². The largest absolute Gasteiger partial charge is 0.370 e. The molecule has 0 amide bonds. The molecule has 0 spiro atoms. The van der Waals surface area contributed by atoms with E-state index < -0.39 is 0 Å². The fraction of sp³-hybridized carbons (Fsp3) is 0.286. The van der Waals surface area contributed by atoms with Crippen LogP contribution in [0.4, 0.5) is 0 Å². The molecule has 1 heteroatoms. The van der Waals surface area contributed by atoms with Gasteiger partial charge in [0, 0.05) is 0 Å². The Morgan fingerprint density at radius 2 is 1.93 bits per heavy atom. The predicted molar refractivity (Wildman–Crippen MR) is 64.9 cm³/mol. The molecule has 1 aromatic carbocycles. The molecule has 0 aromatic heterocycles. The lowest BCUT2D eigenvalue weighted by Crippen LogP contribution is -2.10. The number of hydrogen-bond acceptors (Lipinski definition) is 1. The smallest absolute Gasteiger partial charge is 0.0760 e. The first-order valence-corrected chi connectivity index (χ1v) is 5.25. The Hall–Kier alpha value is -1.34. The van der Waals surface area contributed by atoms with Gasteiger partial charge in [-0.1, -0.05) is 42.5 Å². The van der Waals surface area contributed by atoms with Crippen molar-refractivity contribution in [1.82, 2.24) is 0 Å². The van der Waals surface area contributed by atoms with Crippen molar-refractivity contribution >= 4 is 0 Å². The molecule has 0 fully saturated rings. The van der Waals surface area contributed by atoms with Crippen LogP contribution in [0.15, 0.2) is 55.6 Å². The molecule has 1 atom stereocenters. The zero-order chi connectivity index (χ0) is 10.9. The van der Waals surface area contributed by atoms with E-state index in [4.69, 9.17) is 4.74 Å². The van der Waals surface area contributed by atoms with Crippen LogP contribution >= 0.6 is 0 Å². The molecule has 0 bridgehead atoms. The summed E-state index contributed by atoms with van der Waals surface area (Å²) in [6, 6.07) is 10.4. The maximum Gasteiger partial charge on any atom is 0.0760 e. The second-order valence-corrected chi connectivity index (χ2v) is 3.42. The normalized spacial score (nSPS) is 12.0. The molecule has 0 aliphatic heterocycles. The van der Waals surface area contributed by atoms with E-state index in [2.05, 4.69) is 37.4 Å². The Balaban J connectivity index is 2.34. The van der Waals surface area contributed by atoms with Gasteiger partial charge in [0.1, 0.15) is 0 Å². The average molecular weight is 202 g/mol. The van der Waals surface area contributed by atoms with E-state index in [-0.39, 0.29) is 6.10 Å². The molecule has 0 radical (unpaired) electrons. The Bertz CT molecular complexity index is 289. The van der Waals surface area contributed by atoms with Gasteiger partial charge < -0.3 is 4.74 Å². The Kier molecular flexibility index (Phi) is 5.49. The van der Waals surface area contributed by atoms with Crippen LogP contribution < -0.4 is 0 Å². The fourth-order valence-electron chi connectivity index (χ4n) is 1.41. The maximum absolute atomic E-state index is 5.53. The number of hydrogen-bond donors (Lipinski definition) is 0. The van der Waals surface area contributed by atoms with Gasteiger partial charge in [-0.3, -0.25) is 0 Å². The second-order valence-electron chi connectivity index (χ2n) is 3.42. The van der Waals surface area contributed by atoms with E-state index in [1.54, 1.807) is 6.08 Å². The van der Waals surface area contributed by atoms with Crippen LogP contribution in [-0.4, -0.2) is 12.7 Å². The van der Waals surface area contributed by atoms with Crippen LogP contribution in [0, 0.1) is 0 Å². The molecule has 1 aromatic rings. The molecule has 0 aliphatic rings. The molecule has 0 N–H and O–H groups in total. The summed E-state index contributed by atoms with van der Waals surface area (Å²) in [5, 5.41) is 0. The molecule has 0 saturated carbocycles. The van der Waals surface area contributed by atoms with Crippen LogP contribution in [0.25, 0.3) is 0 Å². The zero-order valence-electron chi connectivity index (χ0n) is 9.06. The lowest BCUT2D eigenvalue weighted by molar-refractivity contribution is 0.103. The lowest BCUT2D eigenvalue weighted by atomic mass is 10.1. The minimum Gasteiger partial charge on any atom is -0.370 e. The molecule has 0 saturated heterocycles. The number of rotatable bonds is 7. The third-order valence-corrected chi connectivity index (χ3v) is 2.25. The molecule has 0 aliphatic carbocycles. The van der Waals surface area contributed by atoms with Gasteiger partial charge in [0.15, 0.2) is 0 Å². The van der Waals surface area contributed by atoms with Crippen molar-refractivity contribution in [2.24, 2.45) is 0 Å². The Labute approximate surface area is 92.1 Å². The highest BCUT2D eigenvalue weighted by Crippen LogP contribution is 2.08.